The molecule has 0 bridgehead atoms. The summed E-state index contributed by atoms with van der Waals surface area (Å²) in [6, 6.07) is 0. The van der Waals surface area contributed by atoms with Crippen LogP contribution in [0.4, 0.5) is 0 Å². The Hall–Kier alpha value is -0.723. The van der Waals surface area contributed by atoms with Crippen LogP contribution < -0.4 is 0 Å². The fourth-order valence-corrected chi connectivity index (χ4v) is 4.35. The van der Waals surface area contributed by atoms with Crippen molar-refractivity contribution in [2.75, 3.05) is 20.3 Å². The first-order valence-electron chi connectivity index (χ1n) is 8.87. The van der Waals surface area contributed by atoms with E-state index in [2.05, 4.69) is 33.9 Å². The van der Waals surface area contributed by atoms with Crippen LogP contribution in [-0.4, -0.2) is 46.5 Å². The largest absolute Gasteiger partial charge is 0.465 e. The third kappa shape index (κ3) is 4.67. The summed E-state index contributed by atoms with van der Waals surface area (Å²) in [6.45, 7) is 13.1. The molecule has 0 radical (unpaired) electrons. The van der Waals surface area contributed by atoms with E-state index < -0.39 is 19.7 Å². The van der Waals surface area contributed by atoms with Crippen LogP contribution in [0, 0.1) is 5.41 Å². The topological polar surface area (TPSA) is 61.8 Å². The van der Waals surface area contributed by atoms with Crippen molar-refractivity contribution in [3.8, 4) is 0 Å². The van der Waals surface area contributed by atoms with Crippen LogP contribution in [0.5, 0.6) is 0 Å². The number of Topliss-reactive ketones (excluding diaryl/α,β-unsaturated/α-hetero) is 1. The monoisotopic (exact) mass is 358 g/mol. The molecule has 0 aromatic rings. The van der Waals surface area contributed by atoms with E-state index in [0.29, 0.717) is 25.7 Å². The van der Waals surface area contributed by atoms with Crippen LogP contribution in [0.1, 0.15) is 53.4 Å². The molecule has 0 N–H and O–H groups in total. The first kappa shape index (κ1) is 21.3. The van der Waals surface area contributed by atoms with Gasteiger partial charge in [0, 0.05) is 13.2 Å². The zero-order valence-electron chi connectivity index (χ0n) is 16.4. The Balaban J connectivity index is 2.83. The standard InChI is InChI=1S/C18H34O5Si/c1-8-22-16(20)18(15(19)13-21-5)11-9-14(10-12-18)23-24(6,7)17(2,3)4/h14H,8-13H2,1-7H3. The lowest BCUT2D eigenvalue weighted by Crippen LogP contribution is -2.49. The summed E-state index contributed by atoms with van der Waals surface area (Å²) in [5.41, 5.74) is -1.06. The van der Waals surface area contributed by atoms with Gasteiger partial charge >= 0.3 is 5.97 Å². The molecule has 0 aromatic carbocycles. The number of hydrogen-bond donors (Lipinski definition) is 0. The first-order valence-corrected chi connectivity index (χ1v) is 11.8. The molecule has 1 rings (SSSR count). The number of carbonyl (C=O) groups excluding carboxylic acids is 2. The van der Waals surface area contributed by atoms with Crippen molar-refractivity contribution >= 4 is 20.1 Å². The van der Waals surface area contributed by atoms with E-state index in [1.807, 2.05) is 0 Å². The van der Waals surface area contributed by atoms with Gasteiger partial charge in [-0.3, -0.25) is 9.59 Å². The van der Waals surface area contributed by atoms with Crippen molar-refractivity contribution in [2.45, 2.75) is 77.6 Å². The minimum Gasteiger partial charge on any atom is -0.465 e. The van der Waals surface area contributed by atoms with Gasteiger partial charge in [-0.05, 0) is 50.7 Å². The molecule has 0 aliphatic heterocycles. The van der Waals surface area contributed by atoms with E-state index in [9.17, 15) is 9.59 Å². The number of hydrogen-bond acceptors (Lipinski definition) is 5. The molecule has 24 heavy (non-hydrogen) atoms. The Morgan fingerprint density at radius 2 is 1.71 bits per heavy atom. The van der Waals surface area contributed by atoms with Gasteiger partial charge in [0.1, 0.15) is 12.0 Å². The molecule has 0 spiro atoms. The average Bonchev–Trinajstić information content (AvgIpc) is 2.47. The number of ether oxygens (including phenoxy) is 2. The molecule has 1 aliphatic carbocycles. The first-order chi connectivity index (χ1) is 11.0. The van der Waals surface area contributed by atoms with Crippen molar-refractivity contribution in [2.24, 2.45) is 5.41 Å². The number of rotatable bonds is 7. The lowest BCUT2D eigenvalue weighted by atomic mass is 9.70. The van der Waals surface area contributed by atoms with Crippen molar-refractivity contribution < 1.29 is 23.5 Å². The second-order valence-electron chi connectivity index (χ2n) is 8.24. The lowest BCUT2D eigenvalue weighted by Gasteiger charge is -2.43. The minimum absolute atomic E-state index is 0.0490. The predicted octanol–water partition coefficient (Wildman–Crippen LogP) is 3.72. The summed E-state index contributed by atoms with van der Waals surface area (Å²) in [6.07, 6.45) is 2.49. The Morgan fingerprint density at radius 3 is 2.12 bits per heavy atom. The van der Waals surface area contributed by atoms with E-state index in [-0.39, 0.29) is 30.1 Å². The van der Waals surface area contributed by atoms with E-state index in [1.165, 1.54) is 7.11 Å². The summed E-state index contributed by atoms with van der Waals surface area (Å²) in [5.74, 6) is -0.577. The minimum atomic E-state index is -1.85. The summed E-state index contributed by atoms with van der Waals surface area (Å²) in [5, 5.41) is 0.147. The van der Waals surface area contributed by atoms with Crippen LogP contribution in [0.2, 0.25) is 18.1 Å². The molecule has 0 heterocycles. The number of esters is 1. The van der Waals surface area contributed by atoms with Gasteiger partial charge in [-0.15, -0.1) is 0 Å². The molecular weight excluding hydrogens is 324 g/mol. The Bertz CT molecular complexity index is 425. The second-order valence-corrected chi connectivity index (χ2v) is 13.0. The van der Waals surface area contributed by atoms with Crippen LogP contribution in [0.3, 0.4) is 0 Å². The Labute approximate surface area is 147 Å². The summed E-state index contributed by atoms with van der Waals surface area (Å²) >= 11 is 0. The van der Waals surface area contributed by atoms with Gasteiger partial charge in [0.2, 0.25) is 0 Å². The number of methoxy groups -OCH3 is 1. The molecule has 1 fully saturated rings. The van der Waals surface area contributed by atoms with E-state index in [0.717, 1.165) is 0 Å². The van der Waals surface area contributed by atoms with Crippen LogP contribution in [0.15, 0.2) is 0 Å². The molecular formula is C18H34O5Si. The van der Waals surface area contributed by atoms with Crippen molar-refractivity contribution in [3.05, 3.63) is 0 Å². The molecule has 140 valence electrons. The third-order valence-corrected chi connectivity index (χ3v) is 10.1. The highest BCUT2D eigenvalue weighted by atomic mass is 28.4. The molecule has 0 unspecified atom stereocenters. The van der Waals surface area contributed by atoms with Crippen LogP contribution >= 0.6 is 0 Å². The molecule has 0 atom stereocenters. The third-order valence-electron chi connectivity index (χ3n) is 5.53. The predicted molar refractivity (Wildman–Crippen MR) is 96.5 cm³/mol. The van der Waals surface area contributed by atoms with Gasteiger partial charge in [0.15, 0.2) is 14.1 Å². The van der Waals surface area contributed by atoms with Crippen molar-refractivity contribution in [3.63, 3.8) is 0 Å². The molecule has 0 saturated heterocycles. The highest BCUT2D eigenvalue weighted by Crippen LogP contribution is 2.43. The van der Waals surface area contributed by atoms with Crippen LogP contribution in [-0.2, 0) is 23.5 Å². The average molecular weight is 359 g/mol. The molecule has 0 amide bonds. The maximum Gasteiger partial charge on any atom is 0.319 e. The van der Waals surface area contributed by atoms with E-state index in [4.69, 9.17) is 13.9 Å². The van der Waals surface area contributed by atoms with Gasteiger partial charge in [0.25, 0.3) is 0 Å². The molecule has 5 nitrogen and oxygen atoms in total. The van der Waals surface area contributed by atoms with Gasteiger partial charge < -0.3 is 13.9 Å². The van der Waals surface area contributed by atoms with Gasteiger partial charge in [-0.2, -0.15) is 0 Å². The quantitative estimate of drug-likeness (QED) is 0.394. The fourth-order valence-electron chi connectivity index (χ4n) is 2.93. The molecule has 6 heteroatoms. The summed E-state index contributed by atoms with van der Waals surface area (Å²) in [4.78, 5) is 25.0. The smallest absolute Gasteiger partial charge is 0.319 e. The van der Waals surface area contributed by atoms with Gasteiger partial charge in [-0.1, -0.05) is 20.8 Å². The van der Waals surface area contributed by atoms with E-state index >= 15 is 0 Å². The lowest BCUT2D eigenvalue weighted by molar-refractivity contribution is -0.165. The highest BCUT2D eigenvalue weighted by molar-refractivity contribution is 6.74. The second kappa shape index (κ2) is 8.10. The zero-order chi connectivity index (χ0) is 18.6. The highest BCUT2D eigenvalue weighted by Gasteiger charge is 2.50. The number of carbonyl (C=O) groups is 2. The maximum absolute atomic E-state index is 12.5. The van der Waals surface area contributed by atoms with E-state index in [1.54, 1.807) is 6.92 Å². The van der Waals surface area contributed by atoms with Crippen molar-refractivity contribution in [1.82, 2.24) is 0 Å². The Kier molecular flexibility index (Phi) is 7.20. The van der Waals surface area contributed by atoms with Gasteiger partial charge in [0.05, 0.1) is 6.61 Å². The molecule has 0 aromatic heterocycles. The van der Waals surface area contributed by atoms with Gasteiger partial charge in [-0.25, -0.2) is 0 Å². The summed E-state index contributed by atoms with van der Waals surface area (Å²) < 4.78 is 16.6. The number of ketones is 1. The normalized spacial score (nSPS) is 25.4. The molecule has 1 saturated carbocycles. The molecule has 1 aliphatic rings. The zero-order valence-corrected chi connectivity index (χ0v) is 17.4. The van der Waals surface area contributed by atoms with Crippen LogP contribution in [0.25, 0.3) is 0 Å². The Morgan fingerprint density at radius 1 is 1.17 bits per heavy atom. The maximum atomic E-state index is 12.5. The fraction of sp³-hybridized carbons (Fsp3) is 0.889. The summed E-state index contributed by atoms with van der Waals surface area (Å²) in [7, 11) is -0.374. The van der Waals surface area contributed by atoms with Crippen molar-refractivity contribution in [1.29, 1.82) is 0 Å². The SMILES string of the molecule is CCOC(=O)C1(C(=O)COC)CCC(O[Si](C)(C)C(C)(C)C)CC1.